The van der Waals surface area contributed by atoms with Crippen LogP contribution in [-0.2, 0) is 9.31 Å². The SMILES string of the molecule is CC1(C)OB(c2nn(C(=O)O)c3ccccc23)OC1(C)C. The van der Waals surface area contributed by atoms with Crippen molar-refractivity contribution in [1.29, 1.82) is 0 Å². The highest BCUT2D eigenvalue weighted by Gasteiger charge is 2.53. The van der Waals surface area contributed by atoms with E-state index in [2.05, 4.69) is 5.10 Å². The maximum absolute atomic E-state index is 11.3. The molecule has 21 heavy (non-hydrogen) atoms. The predicted octanol–water partition coefficient (Wildman–Crippen LogP) is 1.86. The lowest BCUT2D eigenvalue weighted by atomic mass is 9.82. The summed E-state index contributed by atoms with van der Waals surface area (Å²) in [4.78, 5) is 11.3. The minimum absolute atomic E-state index is 0.492. The number of carboxylic acid groups (broad SMARTS) is 1. The first-order valence-electron chi connectivity index (χ1n) is 6.79. The molecule has 1 aromatic carbocycles. The lowest BCUT2D eigenvalue weighted by Gasteiger charge is -2.32. The molecule has 0 amide bonds. The van der Waals surface area contributed by atoms with Gasteiger partial charge in [0, 0.05) is 5.39 Å². The summed E-state index contributed by atoms with van der Waals surface area (Å²) in [6, 6.07) is 7.15. The van der Waals surface area contributed by atoms with E-state index < -0.39 is 24.4 Å². The number of benzene rings is 1. The molecule has 6 nitrogen and oxygen atoms in total. The fourth-order valence-electron chi connectivity index (χ4n) is 2.37. The average Bonchev–Trinajstić information content (AvgIpc) is 2.85. The number of fused-ring (bicyclic) bond motifs is 1. The van der Waals surface area contributed by atoms with Crippen LogP contribution >= 0.6 is 0 Å². The second-order valence-corrected chi connectivity index (χ2v) is 6.19. The Bertz CT molecular complexity index is 707. The highest BCUT2D eigenvalue weighted by molar-refractivity contribution is 6.64. The van der Waals surface area contributed by atoms with Gasteiger partial charge in [-0.25, -0.2) is 4.79 Å². The number of nitrogens with zero attached hydrogens (tertiary/aromatic N) is 2. The zero-order valence-corrected chi connectivity index (χ0v) is 12.5. The largest absolute Gasteiger partial charge is 0.517 e. The van der Waals surface area contributed by atoms with Gasteiger partial charge in [-0.1, -0.05) is 18.2 Å². The Kier molecular flexibility index (Phi) is 2.90. The number of aromatic nitrogens is 2. The molecular formula is C14H17BN2O4. The van der Waals surface area contributed by atoms with Crippen LogP contribution in [0.1, 0.15) is 27.7 Å². The third-order valence-corrected chi connectivity index (χ3v) is 4.27. The maximum atomic E-state index is 11.3. The van der Waals surface area contributed by atoms with Crippen molar-refractivity contribution in [2.45, 2.75) is 38.9 Å². The van der Waals surface area contributed by atoms with Crippen molar-refractivity contribution in [2.24, 2.45) is 0 Å². The summed E-state index contributed by atoms with van der Waals surface area (Å²) >= 11 is 0. The Hall–Kier alpha value is -1.86. The second kappa shape index (κ2) is 4.32. The van der Waals surface area contributed by atoms with Crippen LogP contribution in [0.3, 0.4) is 0 Å². The quantitative estimate of drug-likeness (QED) is 0.811. The van der Waals surface area contributed by atoms with E-state index in [1.54, 1.807) is 12.1 Å². The lowest BCUT2D eigenvalue weighted by Crippen LogP contribution is -2.41. The summed E-state index contributed by atoms with van der Waals surface area (Å²) in [5.74, 6) is 0. The molecule has 0 bridgehead atoms. The number of para-hydroxylation sites is 1. The normalized spacial score (nSPS) is 20.1. The van der Waals surface area contributed by atoms with Crippen LogP contribution in [-0.4, -0.2) is 39.3 Å². The summed E-state index contributed by atoms with van der Waals surface area (Å²) in [7, 11) is -0.680. The van der Waals surface area contributed by atoms with Gasteiger partial charge in [-0.15, -0.1) is 0 Å². The molecular weight excluding hydrogens is 271 g/mol. The first-order chi connectivity index (χ1) is 9.73. The van der Waals surface area contributed by atoms with E-state index in [4.69, 9.17) is 9.31 Å². The summed E-state index contributed by atoms with van der Waals surface area (Å²) in [5.41, 5.74) is 0.0266. The predicted molar refractivity (Wildman–Crippen MR) is 78.9 cm³/mol. The molecule has 1 N–H and O–H groups in total. The summed E-state index contributed by atoms with van der Waals surface area (Å²) in [6.07, 6.45) is -1.13. The molecule has 3 rings (SSSR count). The highest BCUT2D eigenvalue weighted by atomic mass is 16.7. The van der Waals surface area contributed by atoms with Crippen molar-refractivity contribution in [1.82, 2.24) is 9.78 Å². The Morgan fingerprint density at radius 1 is 1.19 bits per heavy atom. The smallest absolute Gasteiger partial charge is 0.463 e. The number of hydrogen-bond acceptors (Lipinski definition) is 4. The van der Waals surface area contributed by atoms with Crippen LogP contribution in [0, 0.1) is 0 Å². The van der Waals surface area contributed by atoms with E-state index in [9.17, 15) is 9.90 Å². The molecule has 0 spiro atoms. The van der Waals surface area contributed by atoms with Gasteiger partial charge in [0.2, 0.25) is 0 Å². The minimum Gasteiger partial charge on any atom is -0.463 e. The highest BCUT2D eigenvalue weighted by Crippen LogP contribution is 2.36. The van der Waals surface area contributed by atoms with Gasteiger partial charge in [0.05, 0.1) is 16.7 Å². The molecule has 1 fully saturated rings. The first kappa shape index (κ1) is 14.1. The Labute approximate surface area is 122 Å². The van der Waals surface area contributed by atoms with Crippen molar-refractivity contribution in [3.05, 3.63) is 24.3 Å². The fraction of sp³-hybridized carbons (Fsp3) is 0.429. The summed E-state index contributed by atoms with van der Waals surface area (Å²) in [5, 5.41) is 14.2. The molecule has 0 radical (unpaired) electrons. The van der Waals surface area contributed by atoms with Gasteiger partial charge in [0.15, 0.2) is 0 Å². The van der Waals surface area contributed by atoms with E-state index in [1.807, 2.05) is 39.8 Å². The molecule has 1 saturated heterocycles. The van der Waals surface area contributed by atoms with Gasteiger partial charge in [0.1, 0.15) is 5.59 Å². The molecule has 110 valence electrons. The van der Waals surface area contributed by atoms with Gasteiger partial charge in [-0.3, -0.25) is 0 Å². The molecule has 0 saturated carbocycles. The topological polar surface area (TPSA) is 73.6 Å². The zero-order chi connectivity index (χ0) is 15.4. The van der Waals surface area contributed by atoms with Crippen LogP contribution < -0.4 is 5.59 Å². The van der Waals surface area contributed by atoms with Crippen LogP contribution in [0.25, 0.3) is 10.9 Å². The third-order valence-electron chi connectivity index (χ3n) is 4.27. The molecule has 1 aliphatic rings. The molecule has 2 heterocycles. The molecule has 0 aliphatic carbocycles. The van der Waals surface area contributed by atoms with Crippen molar-refractivity contribution in [3.63, 3.8) is 0 Å². The molecule has 0 unspecified atom stereocenters. The third kappa shape index (κ3) is 2.04. The van der Waals surface area contributed by atoms with Gasteiger partial charge in [-0.2, -0.15) is 9.78 Å². The van der Waals surface area contributed by atoms with Crippen LogP contribution in [0.4, 0.5) is 4.79 Å². The second-order valence-electron chi connectivity index (χ2n) is 6.19. The molecule has 2 aromatic rings. The summed E-state index contributed by atoms with van der Waals surface area (Å²) < 4.78 is 12.9. The van der Waals surface area contributed by atoms with Gasteiger partial charge >= 0.3 is 13.2 Å². The average molecular weight is 288 g/mol. The number of carbonyl (C=O) groups is 1. The Morgan fingerprint density at radius 2 is 1.76 bits per heavy atom. The van der Waals surface area contributed by atoms with E-state index in [1.165, 1.54) is 0 Å². The molecule has 0 atom stereocenters. The van der Waals surface area contributed by atoms with Gasteiger partial charge in [0.25, 0.3) is 0 Å². The first-order valence-corrected chi connectivity index (χ1v) is 6.79. The Balaban J connectivity index is 2.13. The van der Waals surface area contributed by atoms with Crippen molar-refractivity contribution in [2.75, 3.05) is 0 Å². The van der Waals surface area contributed by atoms with Crippen LogP contribution in [0.2, 0.25) is 0 Å². The molecule has 7 heteroatoms. The van der Waals surface area contributed by atoms with E-state index in [0.29, 0.717) is 11.1 Å². The summed E-state index contributed by atoms with van der Waals surface area (Å²) in [6.45, 7) is 7.79. The van der Waals surface area contributed by atoms with Gasteiger partial charge in [-0.05, 0) is 33.8 Å². The lowest BCUT2D eigenvalue weighted by molar-refractivity contribution is 0.00578. The molecule has 1 aliphatic heterocycles. The standard InChI is InChI=1S/C14H17BN2O4/c1-13(2)14(3,4)21-15(20-13)11-9-7-5-6-8-10(9)17(16-11)12(18)19/h5-8H,1-4H3,(H,18,19). The number of rotatable bonds is 1. The zero-order valence-electron chi connectivity index (χ0n) is 12.5. The molecule has 1 aromatic heterocycles. The maximum Gasteiger partial charge on any atom is 0.517 e. The van der Waals surface area contributed by atoms with E-state index in [0.717, 1.165) is 10.1 Å². The number of hydrogen-bond donors (Lipinski definition) is 1. The minimum atomic E-state index is -1.13. The van der Waals surface area contributed by atoms with E-state index in [-0.39, 0.29) is 0 Å². The van der Waals surface area contributed by atoms with Gasteiger partial charge < -0.3 is 14.4 Å². The van der Waals surface area contributed by atoms with Crippen molar-refractivity contribution in [3.8, 4) is 0 Å². The van der Waals surface area contributed by atoms with E-state index >= 15 is 0 Å². The fourth-order valence-corrected chi connectivity index (χ4v) is 2.37. The van der Waals surface area contributed by atoms with Crippen LogP contribution in [0.15, 0.2) is 24.3 Å². The van der Waals surface area contributed by atoms with Crippen LogP contribution in [0.5, 0.6) is 0 Å². The monoisotopic (exact) mass is 288 g/mol. The Morgan fingerprint density at radius 3 is 2.33 bits per heavy atom. The van der Waals surface area contributed by atoms with Crippen molar-refractivity contribution >= 4 is 29.7 Å². The van der Waals surface area contributed by atoms with Crippen molar-refractivity contribution < 1.29 is 19.2 Å².